The second kappa shape index (κ2) is 5.28. The van der Waals surface area contributed by atoms with E-state index >= 15 is 0 Å². The van der Waals surface area contributed by atoms with Crippen LogP contribution in [0.4, 0.5) is 4.79 Å². The van der Waals surface area contributed by atoms with Crippen LogP contribution in [0.25, 0.3) is 11.2 Å². The summed E-state index contributed by atoms with van der Waals surface area (Å²) in [6, 6.07) is -0.683. The molecule has 19 heavy (non-hydrogen) atoms. The lowest BCUT2D eigenvalue weighted by Crippen LogP contribution is -2.44. The van der Waals surface area contributed by atoms with E-state index < -0.39 is 16.1 Å². The molecular weight excluding hydrogens is 272 g/mol. The van der Waals surface area contributed by atoms with E-state index in [1.165, 1.54) is 18.9 Å². The van der Waals surface area contributed by atoms with E-state index in [2.05, 4.69) is 20.4 Å². The summed E-state index contributed by atoms with van der Waals surface area (Å²) >= 11 is 0. The van der Waals surface area contributed by atoms with E-state index in [9.17, 15) is 13.2 Å². The first kappa shape index (κ1) is 13.4. The Labute approximate surface area is 109 Å². The fourth-order valence-corrected chi connectivity index (χ4v) is 2.31. The number of fused-ring (bicyclic) bond motifs is 1. The molecule has 10 heteroatoms. The van der Waals surface area contributed by atoms with Crippen LogP contribution in [0.15, 0.2) is 18.9 Å². The molecule has 0 aliphatic rings. The van der Waals surface area contributed by atoms with E-state index in [1.807, 2.05) is 4.83 Å². The normalized spacial score (nSPS) is 11.6. The largest absolute Gasteiger partial charge is 0.342 e. The fraction of sp³-hybridized carbons (Fsp3) is 0.333. The van der Waals surface area contributed by atoms with Crippen molar-refractivity contribution in [2.24, 2.45) is 0 Å². The van der Waals surface area contributed by atoms with Gasteiger partial charge in [0, 0.05) is 0 Å². The van der Waals surface area contributed by atoms with Crippen LogP contribution in [0.1, 0.15) is 13.3 Å². The molecule has 0 unspecified atom stereocenters. The van der Waals surface area contributed by atoms with Crippen LogP contribution >= 0.6 is 0 Å². The molecule has 0 atom stereocenters. The van der Waals surface area contributed by atoms with Gasteiger partial charge in [0.1, 0.15) is 18.2 Å². The minimum atomic E-state index is -3.52. The van der Waals surface area contributed by atoms with Gasteiger partial charge in [0.15, 0.2) is 5.65 Å². The molecule has 1 amide bonds. The zero-order chi connectivity index (χ0) is 13.9. The zero-order valence-electron chi connectivity index (χ0n) is 10.1. The number of carbonyl (C=O) groups excluding carboxylic acids is 1. The molecule has 0 spiro atoms. The smallest absolute Gasteiger partial charge is 0.259 e. The van der Waals surface area contributed by atoms with Crippen LogP contribution in [0.5, 0.6) is 0 Å². The highest BCUT2D eigenvalue weighted by atomic mass is 32.2. The molecule has 2 aromatic rings. The molecule has 9 nitrogen and oxygen atoms in total. The Bertz CT molecular complexity index is 695. The minimum absolute atomic E-state index is 0.0684. The molecule has 2 rings (SSSR count). The standard InChI is InChI=1S/C9H12N6O3S/c1-2-3-19(17,18)14-13-9(16)15-6-12-8-7(15)4-10-5-11-8/h4-6,14H,2-3H2,1H3,(H,13,16). The fourth-order valence-electron chi connectivity index (χ4n) is 1.42. The van der Waals surface area contributed by atoms with Gasteiger partial charge in [-0.3, -0.25) is 5.43 Å². The van der Waals surface area contributed by atoms with Gasteiger partial charge in [-0.25, -0.2) is 32.7 Å². The maximum Gasteiger partial charge on any atom is 0.342 e. The Kier molecular flexibility index (Phi) is 3.71. The minimum Gasteiger partial charge on any atom is -0.259 e. The molecule has 0 saturated carbocycles. The van der Waals surface area contributed by atoms with Gasteiger partial charge >= 0.3 is 6.03 Å². The Morgan fingerprint density at radius 2 is 2.21 bits per heavy atom. The number of nitrogens with zero attached hydrogens (tertiary/aromatic N) is 4. The highest BCUT2D eigenvalue weighted by Gasteiger charge is 2.13. The molecular formula is C9H12N6O3S. The molecule has 0 fully saturated rings. The van der Waals surface area contributed by atoms with Crippen LogP contribution in [-0.4, -0.2) is 39.7 Å². The molecule has 2 N–H and O–H groups in total. The van der Waals surface area contributed by atoms with Crippen LogP contribution in [0.2, 0.25) is 0 Å². The van der Waals surface area contributed by atoms with Crippen LogP contribution < -0.4 is 10.3 Å². The van der Waals surface area contributed by atoms with E-state index in [0.29, 0.717) is 17.6 Å². The molecule has 0 aliphatic carbocycles. The van der Waals surface area contributed by atoms with Crippen molar-refractivity contribution in [3.8, 4) is 0 Å². The monoisotopic (exact) mass is 284 g/mol. The number of imidazole rings is 1. The number of rotatable bonds is 4. The molecule has 2 aromatic heterocycles. The highest BCUT2D eigenvalue weighted by Crippen LogP contribution is 2.06. The molecule has 2 heterocycles. The number of hydrogen-bond donors (Lipinski definition) is 2. The maximum absolute atomic E-state index is 11.8. The van der Waals surface area contributed by atoms with Gasteiger partial charge < -0.3 is 0 Å². The summed E-state index contributed by atoms with van der Waals surface area (Å²) < 4.78 is 23.9. The summed E-state index contributed by atoms with van der Waals surface area (Å²) in [6.45, 7) is 1.72. The van der Waals surface area contributed by atoms with Crippen LogP contribution in [-0.2, 0) is 10.0 Å². The Balaban J connectivity index is 2.13. The average molecular weight is 284 g/mol. The third kappa shape index (κ3) is 3.03. The molecule has 0 aromatic carbocycles. The van der Waals surface area contributed by atoms with Gasteiger partial charge in [0.2, 0.25) is 10.0 Å². The summed E-state index contributed by atoms with van der Waals surface area (Å²) in [4.78, 5) is 25.3. The first-order valence-electron chi connectivity index (χ1n) is 5.46. The summed E-state index contributed by atoms with van der Waals surface area (Å²) in [5.74, 6) is -0.0684. The predicted molar refractivity (Wildman–Crippen MR) is 66.5 cm³/mol. The zero-order valence-corrected chi connectivity index (χ0v) is 10.9. The Hall–Kier alpha value is -2.07. The lowest BCUT2D eigenvalue weighted by molar-refractivity contribution is 0.241. The van der Waals surface area contributed by atoms with Crippen molar-refractivity contribution in [1.82, 2.24) is 29.8 Å². The van der Waals surface area contributed by atoms with Crippen molar-refractivity contribution >= 4 is 27.2 Å². The van der Waals surface area contributed by atoms with Gasteiger partial charge in [-0.2, -0.15) is 0 Å². The van der Waals surface area contributed by atoms with Crippen molar-refractivity contribution in [2.45, 2.75) is 13.3 Å². The van der Waals surface area contributed by atoms with Crippen molar-refractivity contribution in [1.29, 1.82) is 0 Å². The summed E-state index contributed by atoms with van der Waals surface area (Å²) in [5, 5.41) is 0. The summed E-state index contributed by atoms with van der Waals surface area (Å²) in [7, 11) is -3.52. The first-order chi connectivity index (χ1) is 9.03. The van der Waals surface area contributed by atoms with E-state index in [-0.39, 0.29) is 5.75 Å². The van der Waals surface area contributed by atoms with Crippen LogP contribution in [0.3, 0.4) is 0 Å². The third-order valence-corrected chi connectivity index (χ3v) is 3.59. The molecule has 0 radical (unpaired) electrons. The third-order valence-electron chi connectivity index (χ3n) is 2.23. The van der Waals surface area contributed by atoms with Crippen LogP contribution in [0, 0.1) is 0 Å². The number of carbonyl (C=O) groups is 1. The predicted octanol–water partition coefficient (Wildman–Crippen LogP) is -0.372. The Morgan fingerprint density at radius 3 is 2.95 bits per heavy atom. The van der Waals surface area contributed by atoms with E-state index in [1.54, 1.807) is 6.92 Å². The average Bonchev–Trinajstić information content (AvgIpc) is 2.80. The lowest BCUT2D eigenvalue weighted by atomic mass is 10.5. The van der Waals surface area contributed by atoms with E-state index in [0.717, 1.165) is 4.57 Å². The van der Waals surface area contributed by atoms with E-state index in [4.69, 9.17) is 0 Å². The number of hydrogen-bond acceptors (Lipinski definition) is 6. The van der Waals surface area contributed by atoms with Gasteiger partial charge in [0.05, 0.1) is 11.9 Å². The molecule has 0 aliphatic heterocycles. The lowest BCUT2D eigenvalue weighted by Gasteiger charge is -2.07. The summed E-state index contributed by atoms with van der Waals surface area (Å²) in [6.07, 6.45) is 4.41. The van der Waals surface area contributed by atoms with Crippen molar-refractivity contribution in [3.63, 3.8) is 0 Å². The van der Waals surface area contributed by atoms with Crippen molar-refractivity contribution < 1.29 is 13.2 Å². The SMILES string of the molecule is CCCS(=O)(=O)NNC(=O)n1cnc2ncncc21. The molecule has 102 valence electrons. The summed E-state index contributed by atoms with van der Waals surface area (Å²) in [5.41, 5.74) is 2.83. The van der Waals surface area contributed by atoms with Crippen molar-refractivity contribution in [3.05, 3.63) is 18.9 Å². The second-order valence-electron chi connectivity index (χ2n) is 3.70. The van der Waals surface area contributed by atoms with Gasteiger partial charge in [-0.1, -0.05) is 6.92 Å². The number of hydrazine groups is 1. The topological polar surface area (TPSA) is 119 Å². The number of nitrogens with one attached hydrogen (secondary N) is 2. The highest BCUT2D eigenvalue weighted by molar-refractivity contribution is 7.89. The maximum atomic E-state index is 11.8. The molecule has 0 saturated heterocycles. The first-order valence-corrected chi connectivity index (χ1v) is 7.11. The Morgan fingerprint density at radius 1 is 1.42 bits per heavy atom. The number of amides is 1. The second-order valence-corrected chi connectivity index (χ2v) is 5.54. The molecule has 0 bridgehead atoms. The van der Waals surface area contributed by atoms with Gasteiger partial charge in [-0.05, 0) is 6.42 Å². The van der Waals surface area contributed by atoms with Gasteiger partial charge in [-0.15, -0.1) is 4.83 Å². The van der Waals surface area contributed by atoms with Crippen molar-refractivity contribution in [2.75, 3.05) is 5.75 Å². The van der Waals surface area contributed by atoms with Gasteiger partial charge in [0.25, 0.3) is 0 Å². The number of sulfonamides is 1. The number of aromatic nitrogens is 4. The quantitative estimate of drug-likeness (QED) is 0.739.